The van der Waals surface area contributed by atoms with Crippen LogP contribution in [0.2, 0.25) is 0 Å². The molecule has 3 aromatic rings. The van der Waals surface area contributed by atoms with Crippen molar-refractivity contribution in [2.45, 2.75) is 0 Å². The fraction of sp³-hybridized carbons (Fsp3) is 0.0588. The summed E-state index contributed by atoms with van der Waals surface area (Å²) in [6, 6.07) is 8.96. The molecular weight excluding hydrogens is 348 g/mol. The zero-order chi connectivity index (χ0) is 17.6. The minimum Gasteiger partial charge on any atom is -0.477 e. The van der Waals surface area contributed by atoms with Crippen LogP contribution < -0.4 is 5.01 Å². The fourth-order valence-electron chi connectivity index (χ4n) is 2.77. The van der Waals surface area contributed by atoms with Crippen LogP contribution in [-0.2, 0) is 4.79 Å². The molecule has 2 aromatic heterocycles. The molecule has 25 heavy (non-hydrogen) atoms. The molecule has 3 heterocycles. The van der Waals surface area contributed by atoms with Gasteiger partial charge in [-0.3, -0.25) is 5.01 Å². The van der Waals surface area contributed by atoms with E-state index in [9.17, 15) is 18.7 Å². The molecular formula is C17H11F2N3O2S. The van der Waals surface area contributed by atoms with E-state index in [0.717, 1.165) is 17.5 Å². The first kappa shape index (κ1) is 15.6. The van der Waals surface area contributed by atoms with Crippen molar-refractivity contribution in [3.63, 3.8) is 0 Å². The van der Waals surface area contributed by atoms with Crippen LogP contribution in [0.25, 0.3) is 22.3 Å². The van der Waals surface area contributed by atoms with Crippen LogP contribution >= 0.6 is 11.8 Å². The number of carboxylic acid groups (broad SMARTS) is 1. The Labute approximate surface area is 145 Å². The van der Waals surface area contributed by atoms with Crippen molar-refractivity contribution in [3.8, 4) is 11.3 Å². The highest BCUT2D eigenvalue weighted by Gasteiger charge is 2.27. The lowest BCUT2D eigenvalue weighted by molar-refractivity contribution is -0.132. The standard InChI is InChI=1S/C17H11F2N3O2S/c18-12-4-3-10(6-13(12)19)14-7-11-2-1-5-20-16(11)22(14)21-9-25-8-15(21)17(23)24/h1-8H,9H2,(H,23,24). The normalized spacial score (nSPS) is 14.2. The fourth-order valence-corrected chi connectivity index (χ4v) is 3.62. The van der Waals surface area contributed by atoms with Crippen LogP contribution in [-0.4, -0.2) is 26.6 Å². The second kappa shape index (κ2) is 5.89. The maximum Gasteiger partial charge on any atom is 0.354 e. The van der Waals surface area contributed by atoms with Gasteiger partial charge in [0.15, 0.2) is 23.0 Å². The molecule has 1 aliphatic rings. The molecule has 0 fully saturated rings. The van der Waals surface area contributed by atoms with E-state index >= 15 is 0 Å². The summed E-state index contributed by atoms with van der Waals surface area (Å²) in [5.74, 6) is -2.60. The molecule has 1 aliphatic heterocycles. The highest BCUT2D eigenvalue weighted by Crippen LogP contribution is 2.32. The number of halogens is 2. The number of carboxylic acids is 1. The number of rotatable bonds is 3. The third-order valence-corrected chi connectivity index (χ3v) is 4.67. The van der Waals surface area contributed by atoms with Gasteiger partial charge >= 0.3 is 5.97 Å². The second-order valence-electron chi connectivity index (χ2n) is 5.39. The first-order valence-electron chi connectivity index (χ1n) is 7.31. The minimum absolute atomic E-state index is 0.0944. The van der Waals surface area contributed by atoms with E-state index in [0.29, 0.717) is 22.8 Å². The van der Waals surface area contributed by atoms with Crippen molar-refractivity contribution in [2.24, 2.45) is 0 Å². The molecule has 0 spiro atoms. The first-order valence-corrected chi connectivity index (χ1v) is 8.36. The molecule has 4 rings (SSSR count). The molecule has 0 atom stereocenters. The van der Waals surface area contributed by atoms with Crippen LogP contribution in [0.1, 0.15) is 0 Å². The van der Waals surface area contributed by atoms with Gasteiger partial charge in [0.05, 0.1) is 11.6 Å². The summed E-state index contributed by atoms with van der Waals surface area (Å²) >= 11 is 1.34. The van der Waals surface area contributed by atoms with E-state index < -0.39 is 17.6 Å². The van der Waals surface area contributed by atoms with Crippen molar-refractivity contribution in [3.05, 3.63) is 65.3 Å². The van der Waals surface area contributed by atoms with Gasteiger partial charge in [-0.1, -0.05) is 0 Å². The van der Waals surface area contributed by atoms with Crippen LogP contribution in [0.3, 0.4) is 0 Å². The zero-order valence-electron chi connectivity index (χ0n) is 12.7. The quantitative estimate of drug-likeness (QED) is 0.775. The Morgan fingerprint density at radius 2 is 2.04 bits per heavy atom. The van der Waals surface area contributed by atoms with Gasteiger partial charge in [-0.05, 0) is 36.4 Å². The van der Waals surface area contributed by atoms with Gasteiger partial charge in [0.1, 0.15) is 0 Å². The molecule has 8 heteroatoms. The Bertz CT molecular complexity index is 1030. The predicted octanol–water partition coefficient (Wildman–Crippen LogP) is 3.55. The largest absolute Gasteiger partial charge is 0.477 e. The van der Waals surface area contributed by atoms with E-state index in [-0.39, 0.29) is 5.70 Å². The van der Waals surface area contributed by atoms with E-state index in [2.05, 4.69) is 4.98 Å². The molecule has 0 amide bonds. The molecule has 0 radical (unpaired) electrons. The number of aliphatic carboxylic acids is 1. The number of fused-ring (bicyclic) bond motifs is 1. The highest BCUT2D eigenvalue weighted by molar-refractivity contribution is 8.02. The molecule has 126 valence electrons. The lowest BCUT2D eigenvalue weighted by Crippen LogP contribution is -2.34. The number of benzene rings is 1. The monoisotopic (exact) mass is 359 g/mol. The average Bonchev–Trinajstić information content (AvgIpc) is 3.21. The SMILES string of the molecule is O=C(O)C1=CSCN1n1c(-c2ccc(F)c(F)c2)cc2cccnc21. The average molecular weight is 359 g/mol. The van der Waals surface area contributed by atoms with Crippen molar-refractivity contribution in [2.75, 3.05) is 10.9 Å². The van der Waals surface area contributed by atoms with Crippen molar-refractivity contribution >= 4 is 28.8 Å². The summed E-state index contributed by atoms with van der Waals surface area (Å²) < 4.78 is 28.6. The number of nitrogens with zero attached hydrogens (tertiary/aromatic N) is 3. The molecule has 0 unspecified atom stereocenters. The molecule has 5 nitrogen and oxygen atoms in total. The van der Waals surface area contributed by atoms with Gasteiger partial charge in [0.2, 0.25) is 0 Å². The topological polar surface area (TPSA) is 58.4 Å². The van der Waals surface area contributed by atoms with Gasteiger partial charge < -0.3 is 5.11 Å². The molecule has 1 aromatic carbocycles. The number of hydrogen-bond acceptors (Lipinski definition) is 4. The summed E-state index contributed by atoms with van der Waals surface area (Å²) in [7, 11) is 0. The Morgan fingerprint density at radius 1 is 1.20 bits per heavy atom. The van der Waals surface area contributed by atoms with Crippen LogP contribution in [0.15, 0.2) is 53.7 Å². The predicted molar refractivity (Wildman–Crippen MR) is 91.5 cm³/mol. The van der Waals surface area contributed by atoms with Crippen LogP contribution in [0, 0.1) is 11.6 Å². The number of pyridine rings is 1. The molecule has 0 saturated carbocycles. The van der Waals surface area contributed by atoms with E-state index in [1.807, 2.05) is 6.07 Å². The summed E-state index contributed by atoms with van der Waals surface area (Å²) in [4.78, 5) is 15.9. The molecule has 0 saturated heterocycles. The summed E-state index contributed by atoms with van der Waals surface area (Å²) in [6.45, 7) is 0. The summed E-state index contributed by atoms with van der Waals surface area (Å²) in [5.41, 5.74) is 1.59. The Kier molecular flexibility index (Phi) is 3.69. The van der Waals surface area contributed by atoms with Crippen molar-refractivity contribution < 1.29 is 18.7 Å². The highest BCUT2D eigenvalue weighted by atomic mass is 32.2. The minimum atomic E-state index is -1.07. The van der Waals surface area contributed by atoms with Gasteiger partial charge in [0.25, 0.3) is 0 Å². The number of hydrogen-bond donors (Lipinski definition) is 1. The Balaban J connectivity index is 1.97. The van der Waals surface area contributed by atoms with Crippen LogP contribution in [0.4, 0.5) is 8.78 Å². The zero-order valence-corrected chi connectivity index (χ0v) is 13.5. The summed E-state index contributed by atoms with van der Waals surface area (Å²) in [6.07, 6.45) is 1.60. The first-order chi connectivity index (χ1) is 12.1. The van der Waals surface area contributed by atoms with Gasteiger partial charge in [-0.15, -0.1) is 11.8 Å². The lowest BCUT2D eigenvalue weighted by Gasteiger charge is -2.24. The van der Waals surface area contributed by atoms with Crippen LogP contribution in [0.5, 0.6) is 0 Å². The molecule has 1 N–H and O–H groups in total. The number of carbonyl (C=O) groups is 1. The van der Waals surface area contributed by atoms with Gasteiger partial charge in [0, 0.05) is 22.6 Å². The van der Waals surface area contributed by atoms with Crippen molar-refractivity contribution in [1.29, 1.82) is 0 Å². The van der Waals surface area contributed by atoms with Gasteiger partial charge in [-0.25, -0.2) is 23.2 Å². The maximum atomic E-state index is 13.7. The van der Waals surface area contributed by atoms with E-state index in [1.54, 1.807) is 33.4 Å². The second-order valence-corrected chi connectivity index (χ2v) is 6.22. The Morgan fingerprint density at radius 3 is 2.80 bits per heavy atom. The van der Waals surface area contributed by atoms with E-state index in [1.165, 1.54) is 17.8 Å². The van der Waals surface area contributed by atoms with E-state index in [4.69, 9.17) is 0 Å². The third-order valence-electron chi connectivity index (χ3n) is 3.88. The molecule has 0 aliphatic carbocycles. The van der Waals surface area contributed by atoms with Gasteiger partial charge in [-0.2, -0.15) is 0 Å². The number of thioether (sulfide) groups is 1. The molecule has 0 bridgehead atoms. The number of aromatic nitrogens is 2. The third kappa shape index (κ3) is 2.54. The van der Waals surface area contributed by atoms with Crippen molar-refractivity contribution in [1.82, 2.24) is 9.66 Å². The smallest absolute Gasteiger partial charge is 0.354 e. The maximum absolute atomic E-state index is 13.7. The lowest BCUT2D eigenvalue weighted by atomic mass is 10.1. The Hall–Kier alpha value is -2.87. The summed E-state index contributed by atoms with van der Waals surface area (Å²) in [5, 5.41) is 13.3.